The second-order valence-electron chi connectivity index (χ2n) is 8.86. The number of carbonyl (C=O) groups excluding carboxylic acids is 1. The summed E-state index contributed by atoms with van der Waals surface area (Å²) in [5.74, 6) is -0.342. The average molecular weight is 466 g/mol. The van der Waals surface area contributed by atoms with Gasteiger partial charge in [0, 0.05) is 44.1 Å². The van der Waals surface area contributed by atoms with E-state index in [9.17, 15) is 4.79 Å². The molecule has 4 rings (SSSR count). The van der Waals surface area contributed by atoms with Gasteiger partial charge in [-0.3, -0.25) is 14.6 Å². The topological polar surface area (TPSA) is 58.8 Å². The number of primary amides is 1. The Labute approximate surface area is 201 Å². The predicted octanol–water partition coefficient (Wildman–Crippen LogP) is 4.22. The molecule has 2 aliphatic rings. The Bertz CT molecular complexity index is 961. The van der Waals surface area contributed by atoms with Crippen LogP contribution in [-0.2, 0) is 11.2 Å². The fourth-order valence-electron chi connectivity index (χ4n) is 4.47. The summed E-state index contributed by atoms with van der Waals surface area (Å²) in [5, 5.41) is 0. The fraction of sp³-hybridized carbons (Fsp3) is 0.444. The van der Waals surface area contributed by atoms with Crippen LogP contribution in [0.5, 0.6) is 0 Å². The molecule has 1 amide bonds. The lowest BCUT2D eigenvalue weighted by Crippen LogP contribution is -2.42. The van der Waals surface area contributed by atoms with E-state index in [0.29, 0.717) is 4.88 Å². The Kier molecular flexibility index (Phi) is 8.89. The molecular formula is C27H35N3O2S. The summed E-state index contributed by atoms with van der Waals surface area (Å²) in [7, 11) is 0. The summed E-state index contributed by atoms with van der Waals surface area (Å²) in [4.78, 5) is 18.4. The molecule has 0 saturated carbocycles. The molecule has 2 aromatic rings. The van der Waals surface area contributed by atoms with Crippen molar-refractivity contribution in [1.82, 2.24) is 9.80 Å². The molecule has 1 saturated heterocycles. The normalized spacial score (nSPS) is 17.5. The number of hydrogen-bond acceptors (Lipinski definition) is 5. The van der Waals surface area contributed by atoms with E-state index in [-0.39, 0.29) is 5.91 Å². The molecule has 1 fully saturated rings. The van der Waals surface area contributed by atoms with Gasteiger partial charge in [0.2, 0.25) is 0 Å². The van der Waals surface area contributed by atoms with Gasteiger partial charge in [0.25, 0.3) is 5.91 Å². The van der Waals surface area contributed by atoms with Crippen molar-refractivity contribution in [1.29, 1.82) is 0 Å². The minimum atomic E-state index is -0.342. The van der Waals surface area contributed by atoms with E-state index in [1.165, 1.54) is 28.0 Å². The molecule has 0 atom stereocenters. The second kappa shape index (κ2) is 12.3. The van der Waals surface area contributed by atoms with Crippen LogP contribution < -0.4 is 5.73 Å². The van der Waals surface area contributed by atoms with Gasteiger partial charge in [-0.15, -0.1) is 11.3 Å². The highest BCUT2D eigenvalue weighted by atomic mass is 32.1. The Morgan fingerprint density at radius 1 is 1.03 bits per heavy atom. The Balaban J connectivity index is 1.40. The first kappa shape index (κ1) is 23.9. The molecule has 0 unspecified atom stereocenters. The molecule has 0 spiro atoms. The zero-order valence-electron chi connectivity index (χ0n) is 19.4. The van der Waals surface area contributed by atoms with Crippen molar-refractivity contribution in [3.63, 3.8) is 0 Å². The van der Waals surface area contributed by atoms with Gasteiger partial charge in [0.15, 0.2) is 0 Å². The number of thiophene rings is 1. The number of allylic oxidation sites excluding steroid dienone is 3. The lowest BCUT2D eigenvalue weighted by atomic mass is 10.1. The highest BCUT2D eigenvalue weighted by Gasteiger charge is 2.16. The number of nitrogens with zero attached hydrogens (tertiary/aromatic N) is 2. The first-order valence-corrected chi connectivity index (χ1v) is 12.8. The van der Waals surface area contributed by atoms with Gasteiger partial charge in [-0.25, -0.2) is 0 Å². The molecule has 33 heavy (non-hydrogen) atoms. The summed E-state index contributed by atoms with van der Waals surface area (Å²) in [6.45, 7) is 8.02. The van der Waals surface area contributed by atoms with Crippen molar-refractivity contribution in [2.24, 2.45) is 5.73 Å². The quantitative estimate of drug-likeness (QED) is 0.571. The maximum absolute atomic E-state index is 11.5. The molecule has 176 valence electrons. The zero-order chi connectivity index (χ0) is 22.9. The molecule has 1 aromatic carbocycles. The maximum Gasteiger partial charge on any atom is 0.258 e. The van der Waals surface area contributed by atoms with Gasteiger partial charge in [-0.05, 0) is 49.0 Å². The Morgan fingerprint density at radius 2 is 1.85 bits per heavy atom. The van der Waals surface area contributed by atoms with Crippen LogP contribution in [0.2, 0.25) is 0 Å². The van der Waals surface area contributed by atoms with Crippen molar-refractivity contribution < 1.29 is 9.53 Å². The first-order valence-electron chi connectivity index (χ1n) is 12.0. The van der Waals surface area contributed by atoms with Gasteiger partial charge in [0.05, 0.1) is 18.1 Å². The minimum absolute atomic E-state index is 0.342. The number of carbonyl (C=O) groups is 1. The predicted molar refractivity (Wildman–Crippen MR) is 137 cm³/mol. The second-order valence-corrected chi connectivity index (χ2v) is 9.95. The van der Waals surface area contributed by atoms with Crippen LogP contribution in [0.3, 0.4) is 0 Å². The van der Waals surface area contributed by atoms with E-state index in [2.05, 4.69) is 52.3 Å². The molecule has 1 aliphatic carbocycles. The lowest BCUT2D eigenvalue weighted by Gasteiger charge is -2.30. The van der Waals surface area contributed by atoms with Gasteiger partial charge >= 0.3 is 0 Å². The number of ether oxygens (including phenoxy) is 1. The van der Waals surface area contributed by atoms with E-state index >= 15 is 0 Å². The van der Waals surface area contributed by atoms with Gasteiger partial charge < -0.3 is 10.5 Å². The summed E-state index contributed by atoms with van der Waals surface area (Å²) < 4.78 is 5.51. The number of amides is 1. The molecular weight excluding hydrogens is 430 g/mol. The van der Waals surface area contributed by atoms with Crippen LogP contribution in [-0.4, -0.2) is 68.2 Å². The third kappa shape index (κ3) is 7.37. The zero-order valence-corrected chi connectivity index (χ0v) is 20.2. The van der Waals surface area contributed by atoms with Crippen LogP contribution in [0, 0.1) is 0 Å². The third-order valence-corrected chi connectivity index (χ3v) is 7.63. The molecule has 2 N–H and O–H groups in total. The number of rotatable bonds is 10. The molecule has 5 nitrogen and oxygen atoms in total. The van der Waals surface area contributed by atoms with Gasteiger partial charge in [-0.2, -0.15) is 0 Å². The smallest absolute Gasteiger partial charge is 0.258 e. The largest absolute Gasteiger partial charge is 0.379 e. The highest BCUT2D eigenvalue weighted by Crippen LogP contribution is 2.31. The van der Waals surface area contributed by atoms with E-state index in [0.717, 1.165) is 83.0 Å². The van der Waals surface area contributed by atoms with Crippen molar-refractivity contribution >= 4 is 22.8 Å². The Morgan fingerprint density at radius 3 is 2.61 bits per heavy atom. The number of hydrogen-bond donors (Lipinski definition) is 1. The molecule has 1 aromatic heterocycles. The number of benzene rings is 1. The summed E-state index contributed by atoms with van der Waals surface area (Å²) >= 11 is 1.50. The van der Waals surface area contributed by atoms with Crippen molar-refractivity contribution in [3.8, 4) is 0 Å². The summed E-state index contributed by atoms with van der Waals surface area (Å²) in [5.41, 5.74) is 9.64. The summed E-state index contributed by atoms with van der Waals surface area (Å²) in [6, 6.07) is 14.7. The summed E-state index contributed by atoms with van der Waals surface area (Å²) in [6.07, 6.45) is 8.94. The number of morpholine rings is 1. The van der Waals surface area contributed by atoms with Crippen LogP contribution in [0.15, 0.2) is 60.2 Å². The maximum atomic E-state index is 11.5. The van der Waals surface area contributed by atoms with Crippen molar-refractivity contribution in [2.75, 3.05) is 52.5 Å². The number of nitrogens with two attached hydrogens (primary N) is 1. The van der Waals surface area contributed by atoms with E-state index in [1.54, 1.807) is 0 Å². The third-order valence-electron chi connectivity index (χ3n) is 6.45. The molecule has 0 bridgehead atoms. The van der Waals surface area contributed by atoms with Crippen LogP contribution in [0.1, 0.15) is 39.4 Å². The van der Waals surface area contributed by atoms with E-state index in [1.807, 2.05) is 12.1 Å². The SMILES string of the molecule is NC(=O)c1ccc(C2=CC=C(CN(CCc3ccccc3)CCN3CCOCC3)CCC2)s1. The van der Waals surface area contributed by atoms with Gasteiger partial charge in [0.1, 0.15) is 0 Å². The minimum Gasteiger partial charge on any atom is -0.379 e. The lowest BCUT2D eigenvalue weighted by molar-refractivity contribution is 0.0338. The van der Waals surface area contributed by atoms with Crippen LogP contribution >= 0.6 is 11.3 Å². The highest BCUT2D eigenvalue weighted by molar-refractivity contribution is 7.15. The van der Waals surface area contributed by atoms with E-state index in [4.69, 9.17) is 10.5 Å². The molecule has 6 heteroatoms. The standard InChI is InChI=1S/C27H35N3O2S/c28-27(31)26-12-11-25(33-26)24-8-4-7-23(9-10-24)21-30(14-13-22-5-2-1-3-6-22)16-15-29-17-19-32-20-18-29/h1-3,5-6,9-12H,4,7-8,13-21H2,(H2,28,31). The van der Waals surface area contributed by atoms with Crippen LogP contribution in [0.4, 0.5) is 0 Å². The molecule has 0 radical (unpaired) electrons. The van der Waals surface area contributed by atoms with Crippen molar-refractivity contribution in [2.45, 2.75) is 25.7 Å². The fourth-order valence-corrected chi connectivity index (χ4v) is 5.38. The van der Waals surface area contributed by atoms with Crippen molar-refractivity contribution in [3.05, 3.63) is 75.5 Å². The molecule has 1 aliphatic heterocycles. The monoisotopic (exact) mass is 465 g/mol. The molecule has 2 heterocycles. The van der Waals surface area contributed by atoms with Gasteiger partial charge in [-0.1, -0.05) is 48.1 Å². The average Bonchev–Trinajstić information content (AvgIpc) is 3.23. The van der Waals surface area contributed by atoms with Crippen LogP contribution in [0.25, 0.3) is 5.57 Å². The first-order chi connectivity index (χ1) is 16.2. The van der Waals surface area contributed by atoms with E-state index < -0.39 is 0 Å². The Hall–Kier alpha value is -2.25.